The molecule has 0 amide bonds. The van der Waals surface area contributed by atoms with Gasteiger partial charge in [0.25, 0.3) is 0 Å². The van der Waals surface area contributed by atoms with E-state index in [0.717, 1.165) is 50.4 Å². The Hall–Kier alpha value is -2.15. The third-order valence-electron chi connectivity index (χ3n) is 5.27. The van der Waals surface area contributed by atoms with Gasteiger partial charge in [0.15, 0.2) is 6.10 Å². The second kappa shape index (κ2) is 8.08. The van der Waals surface area contributed by atoms with Crippen LogP contribution in [0.25, 0.3) is 21.3 Å². The van der Waals surface area contributed by atoms with Crippen molar-refractivity contribution in [2.24, 2.45) is 0 Å². The molecule has 0 bridgehead atoms. The fourth-order valence-electron chi connectivity index (χ4n) is 4.08. The van der Waals surface area contributed by atoms with Crippen molar-refractivity contribution in [1.29, 1.82) is 0 Å². The molecule has 1 aliphatic rings. The van der Waals surface area contributed by atoms with E-state index in [4.69, 9.17) is 26.1 Å². The molecule has 7 heteroatoms. The lowest BCUT2D eigenvalue weighted by Gasteiger charge is -2.28. The predicted molar refractivity (Wildman–Crippen MR) is 125 cm³/mol. The average molecular weight is 460 g/mol. The molecule has 0 spiro atoms. The molecular formula is C24H26ClNO4S. The summed E-state index contributed by atoms with van der Waals surface area (Å²) >= 11 is 8.51. The summed E-state index contributed by atoms with van der Waals surface area (Å²) in [6.45, 7) is 10.1. The molecule has 0 fully saturated rings. The summed E-state index contributed by atoms with van der Waals surface area (Å²) < 4.78 is 12.7. The van der Waals surface area contributed by atoms with E-state index in [-0.39, 0.29) is 0 Å². The molecule has 31 heavy (non-hydrogen) atoms. The second-order valence-corrected chi connectivity index (χ2v) is 10.5. The molecule has 0 radical (unpaired) electrons. The molecule has 4 rings (SSSR count). The standard InChI is InChI=1S/C24H26ClNO4S/c1-12-11-16-22(31-12)19(15-8-9-17-14(20(15)25)7-6-10-29-17)18(13(2)26-16)21(23(27)28)30-24(3,4)5/h8-9,11,21H,6-7,10H2,1-5H3,(H,27,28)/t21-/m0/s1. The third-order valence-corrected chi connectivity index (χ3v) is 6.76. The molecule has 1 atom stereocenters. The largest absolute Gasteiger partial charge is 0.493 e. The Morgan fingerprint density at radius 3 is 2.74 bits per heavy atom. The minimum Gasteiger partial charge on any atom is -0.493 e. The number of pyridine rings is 1. The van der Waals surface area contributed by atoms with Gasteiger partial charge in [0.2, 0.25) is 0 Å². The van der Waals surface area contributed by atoms with Gasteiger partial charge in [-0.1, -0.05) is 11.6 Å². The highest BCUT2D eigenvalue weighted by Crippen LogP contribution is 2.46. The summed E-state index contributed by atoms with van der Waals surface area (Å²) in [6.07, 6.45) is 0.559. The van der Waals surface area contributed by atoms with Crippen LogP contribution in [0, 0.1) is 13.8 Å². The van der Waals surface area contributed by atoms with Gasteiger partial charge in [-0.25, -0.2) is 4.79 Å². The molecule has 0 saturated heterocycles. The van der Waals surface area contributed by atoms with Crippen LogP contribution in [0.15, 0.2) is 18.2 Å². The number of carboxylic acids is 1. The normalized spacial score (nSPS) is 14.9. The van der Waals surface area contributed by atoms with Gasteiger partial charge in [0, 0.05) is 32.8 Å². The van der Waals surface area contributed by atoms with Gasteiger partial charge in [0.05, 0.1) is 27.4 Å². The number of carboxylic acid groups (broad SMARTS) is 1. The van der Waals surface area contributed by atoms with Crippen LogP contribution in [0.4, 0.5) is 0 Å². The zero-order valence-corrected chi connectivity index (χ0v) is 19.9. The van der Waals surface area contributed by atoms with Crippen molar-refractivity contribution in [2.45, 2.75) is 59.2 Å². The van der Waals surface area contributed by atoms with Crippen molar-refractivity contribution in [3.63, 3.8) is 0 Å². The van der Waals surface area contributed by atoms with Gasteiger partial charge in [-0.05, 0) is 65.7 Å². The Kier molecular flexibility index (Phi) is 5.75. The van der Waals surface area contributed by atoms with Crippen LogP contribution in [0.1, 0.15) is 55.0 Å². The van der Waals surface area contributed by atoms with E-state index < -0.39 is 17.7 Å². The molecule has 3 heterocycles. The number of halogens is 1. The minimum atomic E-state index is -1.17. The van der Waals surface area contributed by atoms with Crippen LogP contribution >= 0.6 is 22.9 Å². The number of aryl methyl sites for hydroxylation is 2. The maximum Gasteiger partial charge on any atom is 0.337 e. The molecule has 3 aromatic rings. The van der Waals surface area contributed by atoms with Crippen molar-refractivity contribution in [3.05, 3.63) is 44.9 Å². The molecule has 2 aromatic heterocycles. The van der Waals surface area contributed by atoms with E-state index in [0.29, 0.717) is 22.9 Å². The number of aliphatic carboxylic acids is 1. The number of aromatic nitrogens is 1. The van der Waals surface area contributed by atoms with E-state index in [9.17, 15) is 9.90 Å². The summed E-state index contributed by atoms with van der Waals surface area (Å²) in [5.41, 5.74) is 3.91. The number of fused-ring (bicyclic) bond motifs is 2. The molecule has 5 nitrogen and oxygen atoms in total. The number of hydrogen-bond acceptors (Lipinski definition) is 5. The lowest BCUT2D eigenvalue weighted by atomic mass is 9.91. The number of carbonyl (C=O) groups is 1. The first-order valence-corrected chi connectivity index (χ1v) is 11.5. The van der Waals surface area contributed by atoms with Gasteiger partial charge >= 0.3 is 5.97 Å². The zero-order valence-electron chi connectivity index (χ0n) is 18.3. The fourth-order valence-corrected chi connectivity index (χ4v) is 5.45. The number of thiophene rings is 1. The minimum absolute atomic E-state index is 0.551. The highest BCUT2D eigenvalue weighted by Gasteiger charge is 2.33. The Balaban J connectivity index is 2.06. The Bertz CT molecular complexity index is 1180. The highest BCUT2D eigenvalue weighted by atomic mass is 35.5. The van der Waals surface area contributed by atoms with Crippen molar-refractivity contribution in [1.82, 2.24) is 4.98 Å². The number of rotatable bonds is 4. The molecule has 1 N–H and O–H groups in total. The number of ether oxygens (including phenoxy) is 2. The third kappa shape index (κ3) is 4.16. The van der Waals surface area contributed by atoms with Crippen LogP contribution in [0.2, 0.25) is 5.02 Å². The molecule has 0 aliphatic carbocycles. The van der Waals surface area contributed by atoms with Gasteiger partial charge in [-0.2, -0.15) is 0 Å². The van der Waals surface area contributed by atoms with E-state index in [1.807, 2.05) is 52.8 Å². The lowest BCUT2D eigenvalue weighted by Crippen LogP contribution is -2.28. The Morgan fingerprint density at radius 1 is 1.32 bits per heavy atom. The molecule has 164 valence electrons. The van der Waals surface area contributed by atoms with Gasteiger partial charge in [-0.15, -0.1) is 11.3 Å². The quantitative estimate of drug-likeness (QED) is 0.482. The highest BCUT2D eigenvalue weighted by molar-refractivity contribution is 7.19. The summed E-state index contributed by atoms with van der Waals surface area (Å²) in [7, 11) is 0. The van der Waals surface area contributed by atoms with Crippen LogP contribution in [-0.2, 0) is 16.0 Å². The van der Waals surface area contributed by atoms with Crippen LogP contribution in [0.5, 0.6) is 5.75 Å². The summed E-state index contributed by atoms with van der Waals surface area (Å²) in [5.74, 6) is -0.252. The Morgan fingerprint density at radius 2 is 2.06 bits per heavy atom. The summed E-state index contributed by atoms with van der Waals surface area (Å²) in [5, 5.41) is 10.7. The maximum absolute atomic E-state index is 12.4. The molecule has 0 saturated carbocycles. The molecule has 0 unspecified atom stereocenters. The fraction of sp³-hybridized carbons (Fsp3) is 0.417. The smallest absolute Gasteiger partial charge is 0.337 e. The SMILES string of the molecule is Cc1cc2nc(C)c([C@H](OC(C)(C)C)C(=O)O)c(-c3ccc4c(c3Cl)CCCO4)c2s1. The first-order valence-electron chi connectivity index (χ1n) is 10.3. The maximum atomic E-state index is 12.4. The van der Waals surface area contributed by atoms with Gasteiger partial charge in [0.1, 0.15) is 5.75 Å². The average Bonchev–Trinajstić information content (AvgIpc) is 3.05. The van der Waals surface area contributed by atoms with E-state index in [1.54, 1.807) is 11.3 Å². The van der Waals surface area contributed by atoms with E-state index in [1.165, 1.54) is 0 Å². The first kappa shape index (κ1) is 22.1. The van der Waals surface area contributed by atoms with Crippen molar-refractivity contribution in [3.8, 4) is 16.9 Å². The van der Waals surface area contributed by atoms with Crippen molar-refractivity contribution >= 4 is 39.1 Å². The molecule has 1 aromatic carbocycles. The van der Waals surface area contributed by atoms with Gasteiger partial charge in [-0.3, -0.25) is 4.98 Å². The van der Waals surface area contributed by atoms with Crippen molar-refractivity contribution < 1.29 is 19.4 Å². The van der Waals surface area contributed by atoms with Gasteiger partial charge < -0.3 is 14.6 Å². The number of benzene rings is 1. The second-order valence-electron chi connectivity index (χ2n) is 8.86. The first-order chi connectivity index (χ1) is 14.6. The summed E-state index contributed by atoms with van der Waals surface area (Å²) in [4.78, 5) is 18.2. The Labute approximate surface area is 191 Å². The lowest BCUT2D eigenvalue weighted by molar-refractivity contribution is -0.160. The van der Waals surface area contributed by atoms with E-state index in [2.05, 4.69) is 0 Å². The molecular weight excluding hydrogens is 434 g/mol. The van der Waals surface area contributed by atoms with Crippen molar-refractivity contribution in [2.75, 3.05) is 6.61 Å². The van der Waals surface area contributed by atoms with Crippen LogP contribution in [0.3, 0.4) is 0 Å². The number of hydrogen-bond donors (Lipinski definition) is 1. The molecule has 1 aliphatic heterocycles. The summed E-state index contributed by atoms with van der Waals surface area (Å²) in [6, 6.07) is 5.88. The monoisotopic (exact) mass is 459 g/mol. The van der Waals surface area contributed by atoms with Crippen LogP contribution < -0.4 is 4.74 Å². The predicted octanol–water partition coefficient (Wildman–Crippen LogP) is 6.50. The zero-order chi connectivity index (χ0) is 22.5. The number of nitrogens with zero attached hydrogens (tertiary/aromatic N) is 1. The topological polar surface area (TPSA) is 68.7 Å². The van der Waals surface area contributed by atoms with Crippen LogP contribution in [-0.4, -0.2) is 28.3 Å². The van der Waals surface area contributed by atoms with E-state index >= 15 is 0 Å².